The summed E-state index contributed by atoms with van der Waals surface area (Å²) in [6, 6.07) is 14.1. The van der Waals surface area contributed by atoms with E-state index in [0.29, 0.717) is 30.7 Å². The Balaban J connectivity index is 1.27. The summed E-state index contributed by atoms with van der Waals surface area (Å²) in [5.74, 6) is 1.71. The van der Waals surface area contributed by atoms with Gasteiger partial charge < -0.3 is 15.5 Å². The van der Waals surface area contributed by atoms with Gasteiger partial charge in [0, 0.05) is 23.7 Å². The van der Waals surface area contributed by atoms with Crippen LogP contribution in [0, 0.1) is 11.3 Å². The number of carbonyl (C=O) groups is 1. The molecule has 2 aromatic rings. The number of aromatic nitrogens is 2. The third-order valence-corrected chi connectivity index (χ3v) is 6.35. The lowest BCUT2D eigenvalue weighted by molar-refractivity contribution is 0.170. The molecule has 2 aliphatic heterocycles. The molecule has 2 N–H and O–H groups in total. The van der Waals surface area contributed by atoms with E-state index in [1.54, 1.807) is 6.07 Å². The first-order valence-electron chi connectivity index (χ1n) is 10.4. The summed E-state index contributed by atoms with van der Waals surface area (Å²) < 4.78 is 0. The molecule has 8 nitrogen and oxygen atoms in total. The number of urea groups is 1. The zero-order chi connectivity index (χ0) is 21.6. The van der Waals surface area contributed by atoms with Crippen molar-refractivity contribution in [1.29, 1.82) is 5.26 Å². The summed E-state index contributed by atoms with van der Waals surface area (Å²) in [5.41, 5.74) is 3.00. The van der Waals surface area contributed by atoms with Gasteiger partial charge in [0.25, 0.3) is 0 Å². The van der Waals surface area contributed by atoms with Crippen LogP contribution in [0.3, 0.4) is 0 Å². The Labute approximate surface area is 180 Å². The predicted molar refractivity (Wildman–Crippen MR) is 117 cm³/mol. The zero-order valence-electron chi connectivity index (χ0n) is 17.5. The van der Waals surface area contributed by atoms with Gasteiger partial charge in [0.15, 0.2) is 0 Å². The van der Waals surface area contributed by atoms with Crippen molar-refractivity contribution in [3.8, 4) is 6.07 Å². The van der Waals surface area contributed by atoms with E-state index in [0.717, 1.165) is 17.6 Å². The average molecular weight is 413 g/mol. The average Bonchev–Trinajstić information content (AvgIpc) is 3.33. The van der Waals surface area contributed by atoms with Crippen molar-refractivity contribution < 1.29 is 4.79 Å². The highest BCUT2D eigenvalue weighted by Crippen LogP contribution is 2.42. The normalized spacial score (nSPS) is 23.1. The lowest BCUT2D eigenvalue weighted by Gasteiger charge is -2.34. The number of nitriles is 1. The second-order valence-corrected chi connectivity index (χ2v) is 8.58. The molecule has 0 bridgehead atoms. The standard InChI is InChI=1S/C23H23N7O/c1-23(2)17-12-26-21(29-19-8-9-25-20(11-24)28-19)16(17)13-30(23)22(31)27-18-10-15(18)14-6-4-3-5-7-14/h3-9,15,18H,10,12-13H2,1-2H3,(H,27,31)(H,25,26,28,29)/t15-,18+/m0/s1. The molecular weight excluding hydrogens is 390 g/mol. The number of carbonyl (C=O) groups excluding carboxylic acids is 1. The number of benzene rings is 1. The Hall–Kier alpha value is -3.73. The molecule has 8 heteroatoms. The first-order valence-corrected chi connectivity index (χ1v) is 10.4. The number of aliphatic imine (C=N–C) groups is 1. The lowest BCUT2D eigenvalue weighted by Crippen LogP contribution is -2.51. The van der Waals surface area contributed by atoms with Crippen LogP contribution in [0.2, 0.25) is 0 Å². The van der Waals surface area contributed by atoms with Crippen molar-refractivity contribution in [3.05, 3.63) is 65.1 Å². The van der Waals surface area contributed by atoms with Crippen molar-refractivity contribution in [1.82, 2.24) is 20.2 Å². The molecule has 1 aromatic carbocycles. The van der Waals surface area contributed by atoms with Crippen molar-refractivity contribution in [2.24, 2.45) is 4.99 Å². The monoisotopic (exact) mass is 413 g/mol. The Bertz CT molecular complexity index is 1150. The van der Waals surface area contributed by atoms with Crippen LogP contribution in [0.15, 0.2) is 58.7 Å². The fourth-order valence-electron chi connectivity index (χ4n) is 4.45. The fourth-order valence-corrected chi connectivity index (χ4v) is 4.45. The Morgan fingerprint density at radius 2 is 2.06 bits per heavy atom. The van der Waals surface area contributed by atoms with E-state index in [1.807, 2.05) is 29.2 Å². The topological polar surface area (TPSA) is 106 Å². The molecule has 156 valence electrons. The van der Waals surface area contributed by atoms with Gasteiger partial charge in [-0.05, 0) is 37.5 Å². The molecule has 0 unspecified atom stereocenters. The number of hydrogen-bond donors (Lipinski definition) is 2. The molecule has 1 aromatic heterocycles. The molecule has 0 saturated heterocycles. The number of hydrogen-bond acceptors (Lipinski definition) is 6. The summed E-state index contributed by atoms with van der Waals surface area (Å²) in [6.45, 7) is 5.15. The summed E-state index contributed by atoms with van der Waals surface area (Å²) in [5, 5.41) is 15.4. The third kappa shape index (κ3) is 3.42. The Morgan fingerprint density at radius 1 is 1.26 bits per heavy atom. The second kappa shape index (κ2) is 7.20. The maximum absolute atomic E-state index is 13.1. The largest absolute Gasteiger partial charge is 0.335 e. The highest BCUT2D eigenvalue weighted by molar-refractivity contribution is 6.11. The first-order chi connectivity index (χ1) is 15.0. The van der Waals surface area contributed by atoms with Crippen LogP contribution in [0.1, 0.15) is 37.6 Å². The quantitative estimate of drug-likeness (QED) is 0.805. The van der Waals surface area contributed by atoms with Crippen LogP contribution in [0.25, 0.3) is 0 Å². The lowest BCUT2D eigenvalue weighted by atomic mass is 9.94. The van der Waals surface area contributed by atoms with E-state index in [4.69, 9.17) is 5.26 Å². The van der Waals surface area contributed by atoms with Gasteiger partial charge in [-0.2, -0.15) is 5.26 Å². The number of nitrogens with one attached hydrogen (secondary N) is 2. The SMILES string of the molecule is CC1(C)C2=C(CN1C(=O)N[C@@H]1C[C@H]1c1ccccc1)C(Nc1ccnc(C#N)n1)=NC2. The highest BCUT2D eigenvalue weighted by Gasteiger charge is 2.47. The molecule has 2 amide bonds. The molecule has 2 atom stereocenters. The van der Waals surface area contributed by atoms with Gasteiger partial charge in [0.1, 0.15) is 17.7 Å². The minimum atomic E-state index is -0.424. The minimum Gasteiger partial charge on any atom is -0.335 e. The van der Waals surface area contributed by atoms with Gasteiger partial charge in [-0.3, -0.25) is 4.99 Å². The third-order valence-electron chi connectivity index (χ3n) is 6.35. The molecule has 3 aliphatic rings. The summed E-state index contributed by atoms with van der Waals surface area (Å²) in [4.78, 5) is 27.7. The molecule has 0 spiro atoms. The van der Waals surface area contributed by atoms with Crippen molar-refractivity contribution in [2.45, 2.75) is 37.8 Å². The van der Waals surface area contributed by atoms with Gasteiger partial charge >= 0.3 is 6.03 Å². The molecule has 3 heterocycles. The molecule has 1 fully saturated rings. The van der Waals surface area contributed by atoms with Gasteiger partial charge in [-0.1, -0.05) is 30.3 Å². The van der Waals surface area contributed by atoms with Crippen LogP contribution in [0.4, 0.5) is 10.6 Å². The second-order valence-electron chi connectivity index (χ2n) is 8.58. The number of amidine groups is 1. The maximum Gasteiger partial charge on any atom is 0.318 e. The maximum atomic E-state index is 13.1. The number of nitrogens with zero attached hydrogens (tertiary/aromatic N) is 5. The van der Waals surface area contributed by atoms with Gasteiger partial charge in [-0.15, -0.1) is 0 Å². The van der Waals surface area contributed by atoms with Gasteiger partial charge in [0.2, 0.25) is 5.82 Å². The fraction of sp³-hybridized carbons (Fsp3) is 0.348. The summed E-state index contributed by atoms with van der Waals surface area (Å²) in [6.07, 6.45) is 2.51. The van der Waals surface area contributed by atoms with Gasteiger partial charge in [-0.25, -0.2) is 14.8 Å². The van der Waals surface area contributed by atoms with Crippen molar-refractivity contribution >= 4 is 17.7 Å². The van der Waals surface area contributed by atoms with E-state index in [1.165, 1.54) is 11.8 Å². The smallest absolute Gasteiger partial charge is 0.318 e. The Kier molecular flexibility index (Phi) is 4.47. The molecule has 0 radical (unpaired) electrons. The van der Waals surface area contributed by atoms with Crippen molar-refractivity contribution in [2.75, 3.05) is 18.4 Å². The molecule has 1 aliphatic carbocycles. The Morgan fingerprint density at radius 3 is 2.84 bits per heavy atom. The molecule has 5 rings (SSSR count). The van der Waals surface area contributed by atoms with Crippen molar-refractivity contribution in [3.63, 3.8) is 0 Å². The number of amides is 2. The van der Waals surface area contributed by atoms with Crippen LogP contribution < -0.4 is 10.6 Å². The number of rotatable bonds is 3. The number of anilines is 1. The van der Waals surface area contributed by atoms with Crippen LogP contribution in [-0.4, -0.2) is 51.4 Å². The predicted octanol–water partition coefficient (Wildman–Crippen LogP) is 2.83. The van der Waals surface area contributed by atoms with Crippen LogP contribution in [-0.2, 0) is 0 Å². The summed E-state index contributed by atoms with van der Waals surface area (Å²) in [7, 11) is 0. The molecule has 31 heavy (non-hydrogen) atoms. The minimum absolute atomic E-state index is 0.0454. The van der Waals surface area contributed by atoms with Crippen LogP contribution >= 0.6 is 0 Å². The van der Waals surface area contributed by atoms with Gasteiger partial charge in [0.05, 0.1) is 18.6 Å². The van der Waals surface area contributed by atoms with E-state index in [2.05, 4.69) is 51.6 Å². The van der Waals surface area contributed by atoms with E-state index in [-0.39, 0.29) is 17.9 Å². The first kappa shape index (κ1) is 19.2. The van der Waals surface area contributed by atoms with E-state index in [9.17, 15) is 4.79 Å². The zero-order valence-corrected chi connectivity index (χ0v) is 17.5. The highest BCUT2D eigenvalue weighted by atomic mass is 16.2. The molecule has 1 saturated carbocycles. The van der Waals surface area contributed by atoms with Crippen LogP contribution in [0.5, 0.6) is 0 Å². The van der Waals surface area contributed by atoms with E-state index < -0.39 is 5.54 Å². The summed E-state index contributed by atoms with van der Waals surface area (Å²) >= 11 is 0. The van der Waals surface area contributed by atoms with E-state index >= 15 is 0 Å². The molecular formula is C23H23N7O.